The minimum atomic E-state index is -0.742. The molecule has 0 aliphatic rings. The van der Waals surface area contributed by atoms with Crippen molar-refractivity contribution >= 4 is 17.7 Å². The maximum absolute atomic E-state index is 11.1. The number of nitrogens with one attached hydrogen (secondary N) is 1. The largest absolute Gasteiger partial charge is 0.412 e. The van der Waals surface area contributed by atoms with Crippen LogP contribution in [0.1, 0.15) is 0 Å². The van der Waals surface area contributed by atoms with E-state index in [1.54, 1.807) is 30.3 Å². The van der Waals surface area contributed by atoms with Gasteiger partial charge < -0.3 is 10.1 Å². The van der Waals surface area contributed by atoms with Gasteiger partial charge in [0.2, 0.25) is 0 Å². The minimum absolute atomic E-state index is 0.0592. The molecule has 0 aliphatic heterocycles. The summed E-state index contributed by atoms with van der Waals surface area (Å²) in [7, 11) is 0. The molecule has 1 amide bonds. The number of alkyl halides is 1. The van der Waals surface area contributed by atoms with E-state index in [4.69, 9.17) is 21.6 Å². The average molecular weight is 225 g/mol. The maximum atomic E-state index is 11.1. The van der Waals surface area contributed by atoms with Crippen molar-refractivity contribution in [2.75, 3.05) is 6.54 Å². The second-order valence-electron chi connectivity index (χ2n) is 2.68. The molecule has 1 atom stereocenters. The van der Waals surface area contributed by atoms with E-state index in [2.05, 4.69) is 5.32 Å². The highest BCUT2D eigenvalue weighted by molar-refractivity contribution is 6.22. The monoisotopic (exact) mass is 224 g/mol. The molecule has 15 heavy (non-hydrogen) atoms. The van der Waals surface area contributed by atoms with Crippen molar-refractivity contribution in [3.63, 3.8) is 0 Å². The topological polar surface area (TPSA) is 62.1 Å². The van der Waals surface area contributed by atoms with Crippen molar-refractivity contribution in [3.05, 3.63) is 30.3 Å². The van der Waals surface area contributed by atoms with E-state index in [0.29, 0.717) is 5.75 Å². The zero-order valence-corrected chi connectivity index (χ0v) is 8.57. The van der Waals surface area contributed by atoms with Crippen LogP contribution in [0.2, 0.25) is 0 Å². The summed E-state index contributed by atoms with van der Waals surface area (Å²) < 4.78 is 4.89. The van der Waals surface area contributed by atoms with Crippen molar-refractivity contribution in [1.82, 2.24) is 5.32 Å². The van der Waals surface area contributed by atoms with E-state index in [9.17, 15) is 4.79 Å². The minimum Gasteiger partial charge on any atom is -0.410 e. The second kappa shape index (κ2) is 5.89. The number of amides is 1. The van der Waals surface area contributed by atoms with Crippen molar-refractivity contribution < 1.29 is 9.53 Å². The van der Waals surface area contributed by atoms with Gasteiger partial charge in [0.05, 0.1) is 12.6 Å². The third kappa shape index (κ3) is 4.34. The van der Waals surface area contributed by atoms with Crippen LogP contribution in [0.25, 0.3) is 0 Å². The molecular weight excluding hydrogens is 216 g/mol. The summed E-state index contributed by atoms with van der Waals surface area (Å²) in [6.07, 6.45) is -0.623. The number of hydrogen-bond donors (Lipinski definition) is 1. The first-order chi connectivity index (χ1) is 7.22. The smallest absolute Gasteiger partial charge is 0.410 e. The van der Waals surface area contributed by atoms with Gasteiger partial charge in [-0.2, -0.15) is 5.26 Å². The molecule has 0 aliphatic carbocycles. The van der Waals surface area contributed by atoms with Gasteiger partial charge in [0.1, 0.15) is 11.1 Å². The number of nitrogens with zero attached hydrogens (tertiary/aromatic N) is 1. The lowest BCUT2D eigenvalue weighted by Gasteiger charge is -2.05. The molecule has 5 heteroatoms. The van der Waals surface area contributed by atoms with E-state index < -0.39 is 11.5 Å². The van der Waals surface area contributed by atoms with E-state index >= 15 is 0 Å². The molecule has 0 aromatic heterocycles. The summed E-state index contributed by atoms with van der Waals surface area (Å²) in [5, 5.41) is 9.99. The predicted octanol–water partition coefficient (Wildman–Crippen LogP) is 1.91. The predicted molar refractivity (Wildman–Crippen MR) is 55.7 cm³/mol. The Morgan fingerprint density at radius 3 is 2.80 bits per heavy atom. The van der Waals surface area contributed by atoms with Gasteiger partial charge in [-0.05, 0) is 12.1 Å². The van der Waals surface area contributed by atoms with Crippen molar-refractivity contribution in [2.45, 2.75) is 5.38 Å². The Bertz CT molecular complexity index is 361. The van der Waals surface area contributed by atoms with Crippen LogP contribution in [0.3, 0.4) is 0 Å². The molecule has 0 bridgehead atoms. The third-order valence-electron chi connectivity index (χ3n) is 1.52. The number of hydrogen-bond acceptors (Lipinski definition) is 3. The quantitative estimate of drug-likeness (QED) is 0.798. The molecule has 0 fully saturated rings. The van der Waals surface area contributed by atoms with Gasteiger partial charge in [0.25, 0.3) is 0 Å². The summed E-state index contributed by atoms with van der Waals surface area (Å²) in [5.74, 6) is 0.443. The van der Waals surface area contributed by atoms with Gasteiger partial charge in [0, 0.05) is 0 Å². The lowest BCUT2D eigenvalue weighted by Crippen LogP contribution is -2.31. The van der Waals surface area contributed by atoms with Crippen LogP contribution in [-0.2, 0) is 0 Å². The highest BCUT2D eigenvalue weighted by atomic mass is 35.5. The molecule has 4 nitrogen and oxygen atoms in total. The van der Waals surface area contributed by atoms with E-state index in [0.717, 1.165) is 0 Å². The molecule has 1 aromatic carbocycles. The first kappa shape index (κ1) is 11.3. The van der Waals surface area contributed by atoms with Crippen LogP contribution in [0.4, 0.5) is 4.79 Å². The van der Waals surface area contributed by atoms with Gasteiger partial charge in [-0.25, -0.2) is 4.79 Å². The number of para-hydroxylation sites is 1. The summed E-state index contributed by atoms with van der Waals surface area (Å²) in [4.78, 5) is 11.1. The Morgan fingerprint density at radius 2 is 2.20 bits per heavy atom. The molecule has 1 aromatic rings. The van der Waals surface area contributed by atoms with Gasteiger partial charge >= 0.3 is 6.09 Å². The van der Waals surface area contributed by atoms with Crippen LogP contribution in [-0.4, -0.2) is 18.0 Å². The Kier molecular flexibility index (Phi) is 4.45. The van der Waals surface area contributed by atoms with Crippen LogP contribution in [0.15, 0.2) is 30.3 Å². The van der Waals surface area contributed by atoms with Crippen LogP contribution in [0, 0.1) is 11.3 Å². The highest BCUT2D eigenvalue weighted by Crippen LogP contribution is 2.07. The first-order valence-electron chi connectivity index (χ1n) is 4.27. The molecule has 0 saturated heterocycles. The normalized spacial score (nSPS) is 11.2. The highest BCUT2D eigenvalue weighted by Gasteiger charge is 2.06. The zero-order valence-electron chi connectivity index (χ0n) is 7.81. The molecule has 0 spiro atoms. The standard InChI is InChI=1S/C10H9ClN2O2/c11-8(6-12)7-13-10(14)15-9-4-2-1-3-5-9/h1-5,8H,7H2,(H,13,14). The van der Waals surface area contributed by atoms with Gasteiger partial charge in [-0.1, -0.05) is 18.2 Å². The molecule has 1 rings (SSSR count). The molecule has 0 radical (unpaired) electrons. The summed E-state index contributed by atoms with van der Waals surface area (Å²) in [6, 6.07) is 10.4. The fourth-order valence-electron chi connectivity index (χ4n) is 0.850. The number of carbonyl (C=O) groups excluding carboxylic acids is 1. The summed E-state index contributed by atoms with van der Waals surface area (Å²) in [6.45, 7) is 0.0592. The molecular formula is C10H9ClN2O2. The number of halogens is 1. The molecule has 1 unspecified atom stereocenters. The SMILES string of the molecule is N#CC(Cl)CNC(=O)Oc1ccccc1. The first-order valence-corrected chi connectivity index (χ1v) is 4.70. The Balaban J connectivity index is 2.35. The van der Waals surface area contributed by atoms with Crippen LogP contribution >= 0.6 is 11.6 Å². The number of rotatable bonds is 3. The molecule has 1 N–H and O–H groups in total. The Morgan fingerprint density at radius 1 is 1.53 bits per heavy atom. The lowest BCUT2D eigenvalue weighted by molar-refractivity contribution is 0.201. The number of carbonyl (C=O) groups is 1. The van der Waals surface area contributed by atoms with E-state index in [1.165, 1.54) is 0 Å². The summed E-state index contributed by atoms with van der Waals surface area (Å²) in [5.41, 5.74) is 0. The van der Waals surface area contributed by atoms with Gasteiger partial charge in [-0.3, -0.25) is 0 Å². The van der Waals surface area contributed by atoms with E-state index in [1.807, 2.05) is 6.07 Å². The molecule has 78 valence electrons. The maximum Gasteiger partial charge on any atom is 0.412 e. The fourth-order valence-corrected chi connectivity index (χ4v) is 0.927. The summed E-state index contributed by atoms with van der Waals surface area (Å²) >= 11 is 5.48. The van der Waals surface area contributed by atoms with E-state index in [-0.39, 0.29) is 6.54 Å². The Hall–Kier alpha value is -1.73. The molecule has 0 heterocycles. The fraction of sp³-hybridized carbons (Fsp3) is 0.200. The van der Waals surface area contributed by atoms with Crippen molar-refractivity contribution in [3.8, 4) is 11.8 Å². The van der Waals surface area contributed by atoms with Gasteiger partial charge in [-0.15, -0.1) is 11.6 Å². The zero-order chi connectivity index (χ0) is 11.1. The number of benzene rings is 1. The molecule has 0 saturated carbocycles. The van der Waals surface area contributed by atoms with Crippen molar-refractivity contribution in [1.29, 1.82) is 5.26 Å². The van der Waals surface area contributed by atoms with Gasteiger partial charge in [0.15, 0.2) is 0 Å². The number of ether oxygens (including phenoxy) is 1. The average Bonchev–Trinajstić information content (AvgIpc) is 2.27. The Labute approximate surface area is 92.4 Å². The second-order valence-corrected chi connectivity index (χ2v) is 3.21. The lowest BCUT2D eigenvalue weighted by atomic mass is 10.3. The van der Waals surface area contributed by atoms with Crippen LogP contribution in [0.5, 0.6) is 5.75 Å². The van der Waals surface area contributed by atoms with Crippen molar-refractivity contribution in [2.24, 2.45) is 0 Å². The third-order valence-corrected chi connectivity index (χ3v) is 1.77. The van der Waals surface area contributed by atoms with Crippen LogP contribution < -0.4 is 10.1 Å². The number of nitriles is 1.